The second-order valence-electron chi connectivity index (χ2n) is 4.53. The van der Waals surface area contributed by atoms with Crippen LogP contribution in [0.25, 0.3) is 0 Å². The lowest BCUT2D eigenvalue weighted by Gasteiger charge is -2.02. The molecule has 0 aliphatic carbocycles. The van der Waals surface area contributed by atoms with Crippen LogP contribution >= 0.6 is 0 Å². The molecule has 1 aromatic rings. The number of carbonyl (C=O) groups is 1. The van der Waals surface area contributed by atoms with Gasteiger partial charge < -0.3 is 5.32 Å². The molecule has 2 heteroatoms. The summed E-state index contributed by atoms with van der Waals surface area (Å²) in [7, 11) is 0. The zero-order valence-corrected chi connectivity index (χ0v) is 10.1. The van der Waals surface area contributed by atoms with Gasteiger partial charge in [-0.1, -0.05) is 35.9 Å². The molecule has 17 heavy (non-hydrogen) atoms. The van der Waals surface area contributed by atoms with Gasteiger partial charge in [0.25, 0.3) is 0 Å². The van der Waals surface area contributed by atoms with Gasteiger partial charge in [0.1, 0.15) is 0 Å². The molecule has 1 aliphatic heterocycles. The highest BCUT2D eigenvalue weighted by molar-refractivity contribution is 5.92. The Hall–Kier alpha value is -1.41. The van der Waals surface area contributed by atoms with Gasteiger partial charge in [0.15, 0.2) is 5.78 Å². The zero-order valence-electron chi connectivity index (χ0n) is 10.1. The van der Waals surface area contributed by atoms with E-state index >= 15 is 0 Å². The van der Waals surface area contributed by atoms with Crippen molar-refractivity contribution in [3.8, 4) is 0 Å². The second-order valence-corrected chi connectivity index (χ2v) is 4.53. The van der Waals surface area contributed by atoms with Crippen LogP contribution < -0.4 is 5.32 Å². The van der Waals surface area contributed by atoms with Crippen LogP contribution in [0.5, 0.6) is 0 Å². The van der Waals surface area contributed by atoms with E-state index in [0.29, 0.717) is 6.42 Å². The summed E-state index contributed by atoms with van der Waals surface area (Å²) in [5.41, 5.74) is 2.40. The van der Waals surface area contributed by atoms with E-state index in [0.717, 1.165) is 37.9 Å². The Labute approximate surface area is 103 Å². The van der Waals surface area contributed by atoms with Crippen LogP contribution in [-0.2, 0) is 11.2 Å². The summed E-state index contributed by atoms with van der Waals surface area (Å²) in [4.78, 5) is 11.9. The van der Waals surface area contributed by atoms with Crippen molar-refractivity contribution >= 4 is 5.78 Å². The maximum Gasteiger partial charge on any atom is 0.160 e. The summed E-state index contributed by atoms with van der Waals surface area (Å²) < 4.78 is 0. The topological polar surface area (TPSA) is 29.1 Å². The molecule has 0 aromatic heterocycles. The first-order valence-electron chi connectivity index (χ1n) is 6.31. The molecular formula is C15H19NO. The summed E-state index contributed by atoms with van der Waals surface area (Å²) in [5.74, 6) is 0.230. The van der Waals surface area contributed by atoms with E-state index in [1.165, 1.54) is 5.57 Å². The normalized spacial score (nSPS) is 18.9. The van der Waals surface area contributed by atoms with Gasteiger partial charge in [-0.05, 0) is 44.0 Å². The maximum absolute atomic E-state index is 11.9. The van der Waals surface area contributed by atoms with Crippen molar-refractivity contribution in [3.63, 3.8) is 0 Å². The number of nitrogens with one attached hydrogen (secondary N) is 1. The van der Waals surface area contributed by atoms with Gasteiger partial charge in [-0.15, -0.1) is 0 Å². The molecule has 0 atom stereocenters. The molecule has 0 saturated carbocycles. The zero-order chi connectivity index (χ0) is 11.9. The SMILES string of the molecule is O=C(C=C1CCCNCC1)Cc1ccccc1. The minimum absolute atomic E-state index is 0.230. The lowest BCUT2D eigenvalue weighted by atomic mass is 10.0. The Morgan fingerprint density at radius 1 is 1.18 bits per heavy atom. The van der Waals surface area contributed by atoms with Gasteiger partial charge in [0.2, 0.25) is 0 Å². The molecule has 0 bridgehead atoms. The van der Waals surface area contributed by atoms with Crippen molar-refractivity contribution in [3.05, 3.63) is 47.5 Å². The van der Waals surface area contributed by atoms with E-state index in [4.69, 9.17) is 0 Å². The third-order valence-corrected chi connectivity index (χ3v) is 3.06. The van der Waals surface area contributed by atoms with Gasteiger partial charge in [-0.25, -0.2) is 0 Å². The number of allylic oxidation sites excluding steroid dienone is 1. The van der Waals surface area contributed by atoms with Crippen LogP contribution in [0, 0.1) is 0 Å². The third-order valence-electron chi connectivity index (χ3n) is 3.06. The molecule has 1 saturated heterocycles. The van der Waals surface area contributed by atoms with E-state index in [1.807, 2.05) is 36.4 Å². The van der Waals surface area contributed by atoms with Crippen LogP contribution in [0.15, 0.2) is 42.0 Å². The van der Waals surface area contributed by atoms with E-state index in [-0.39, 0.29) is 5.78 Å². The van der Waals surface area contributed by atoms with Crippen molar-refractivity contribution in [1.29, 1.82) is 0 Å². The minimum Gasteiger partial charge on any atom is -0.316 e. The summed E-state index contributed by atoms with van der Waals surface area (Å²) in [6.45, 7) is 2.08. The Balaban J connectivity index is 1.93. The Morgan fingerprint density at radius 2 is 2.00 bits per heavy atom. The van der Waals surface area contributed by atoms with E-state index in [9.17, 15) is 4.79 Å². The van der Waals surface area contributed by atoms with Crippen molar-refractivity contribution in [2.24, 2.45) is 0 Å². The average Bonchev–Trinajstić information content (AvgIpc) is 2.59. The standard InChI is InChI=1S/C15H19NO/c17-15(11-13-5-2-1-3-6-13)12-14-7-4-9-16-10-8-14/h1-3,5-6,12,16H,4,7-11H2. The first-order valence-corrected chi connectivity index (χ1v) is 6.31. The van der Waals surface area contributed by atoms with Crippen molar-refractivity contribution in [1.82, 2.24) is 5.32 Å². The molecule has 2 rings (SSSR count). The fourth-order valence-corrected chi connectivity index (χ4v) is 2.16. The van der Waals surface area contributed by atoms with Crippen LogP contribution in [0.2, 0.25) is 0 Å². The number of benzene rings is 1. The molecule has 0 spiro atoms. The smallest absolute Gasteiger partial charge is 0.160 e. The van der Waals surface area contributed by atoms with Gasteiger partial charge >= 0.3 is 0 Å². The van der Waals surface area contributed by atoms with Gasteiger partial charge in [-0.3, -0.25) is 4.79 Å². The number of carbonyl (C=O) groups excluding carboxylic acids is 1. The molecule has 1 N–H and O–H groups in total. The molecule has 0 unspecified atom stereocenters. The molecular weight excluding hydrogens is 210 g/mol. The highest BCUT2D eigenvalue weighted by Gasteiger charge is 2.06. The van der Waals surface area contributed by atoms with Crippen LogP contribution in [-0.4, -0.2) is 18.9 Å². The van der Waals surface area contributed by atoms with Gasteiger partial charge in [0.05, 0.1) is 0 Å². The Kier molecular flexibility index (Phi) is 4.51. The summed E-state index contributed by atoms with van der Waals surface area (Å²) >= 11 is 0. The molecule has 1 aromatic carbocycles. The largest absolute Gasteiger partial charge is 0.316 e. The monoisotopic (exact) mass is 229 g/mol. The summed E-state index contributed by atoms with van der Waals surface area (Å²) in [6.07, 6.45) is 5.61. The molecule has 1 aliphatic rings. The summed E-state index contributed by atoms with van der Waals surface area (Å²) in [5, 5.41) is 3.35. The second kappa shape index (κ2) is 6.36. The molecule has 90 valence electrons. The molecule has 0 radical (unpaired) electrons. The molecule has 0 amide bonds. The van der Waals surface area contributed by atoms with Crippen LogP contribution in [0.3, 0.4) is 0 Å². The van der Waals surface area contributed by atoms with Crippen LogP contribution in [0.4, 0.5) is 0 Å². The fraction of sp³-hybridized carbons (Fsp3) is 0.400. The van der Waals surface area contributed by atoms with Crippen molar-refractivity contribution in [2.75, 3.05) is 13.1 Å². The van der Waals surface area contributed by atoms with Crippen molar-refractivity contribution < 1.29 is 4.79 Å². The lowest BCUT2D eigenvalue weighted by molar-refractivity contribution is -0.114. The predicted octanol–water partition coefficient (Wildman–Crippen LogP) is 2.50. The van der Waals surface area contributed by atoms with Crippen molar-refractivity contribution in [2.45, 2.75) is 25.7 Å². The van der Waals surface area contributed by atoms with E-state index in [1.54, 1.807) is 0 Å². The van der Waals surface area contributed by atoms with Gasteiger partial charge in [-0.2, -0.15) is 0 Å². The quantitative estimate of drug-likeness (QED) is 0.807. The van der Waals surface area contributed by atoms with E-state index < -0.39 is 0 Å². The lowest BCUT2D eigenvalue weighted by Crippen LogP contribution is -2.13. The number of ketones is 1. The Morgan fingerprint density at radius 3 is 2.82 bits per heavy atom. The van der Waals surface area contributed by atoms with E-state index in [2.05, 4.69) is 5.32 Å². The number of hydrogen-bond donors (Lipinski definition) is 1. The maximum atomic E-state index is 11.9. The number of rotatable bonds is 3. The highest BCUT2D eigenvalue weighted by atomic mass is 16.1. The first-order chi connectivity index (χ1) is 8.34. The van der Waals surface area contributed by atoms with Crippen LogP contribution in [0.1, 0.15) is 24.8 Å². The molecule has 1 heterocycles. The molecule has 2 nitrogen and oxygen atoms in total. The third kappa shape index (κ3) is 4.16. The minimum atomic E-state index is 0.230. The van der Waals surface area contributed by atoms with Gasteiger partial charge in [0, 0.05) is 6.42 Å². The summed E-state index contributed by atoms with van der Waals surface area (Å²) in [6, 6.07) is 9.94. The first kappa shape index (κ1) is 12.1. The number of hydrogen-bond acceptors (Lipinski definition) is 2. The Bertz CT molecular complexity index is 385. The molecule has 1 fully saturated rings. The highest BCUT2D eigenvalue weighted by Crippen LogP contribution is 2.12. The fourth-order valence-electron chi connectivity index (χ4n) is 2.16. The predicted molar refractivity (Wildman–Crippen MR) is 70.0 cm³/mol. The average molecular weight is 229 g/mol.